The van der Waals surface area contributed by atoms with Gasteiger partial charge in [0.15, 0.2) is 0 Å². The maximum absolute atomic E-state index is 9.75. The number of hydrogen-bond donors (Lipinski definition) is 2. The molecule has 0 atom stereocenters. The first kappa shape index (κ1) is 16.3. The molecular weight excluding hydrogens is 334 g/mol. The summed E-state index contributed by atoms with van der Waals surface area (Å²) in [6.07, 6.45) is 1.64. The summed E-state index contributed by atoms with van der Waals surface area (Å²) in [4.78, 5) is 8.42. The van der Waals surface area contributed by atoms with Crippen molar-refractivity contribution in [2.24, 2.45) is 0 Å². The van der Waals surface area contributed by atoms with Crippen molar-refractivity contribution in [2.75, 3.05) is 5.73 Å². The molecule has 0 aliphatic rings. The van der Waals surface area contributed by atoms with Crippen LogP contribution in [0, 0.1) is 22.7 Å². The Labute approximate surface area is 148 Å². The highest BCUT2D eigenvalue weighted by molar-refractivity contribution is 7.99. The van der Waals surface area contributed by atoms with Gasteiger partial charge in [0.25, 0.3) is 0 Å². The highest BCUT2D eigenvalue weighted by atomic mass is 32.2. The van der Waals surface area contributed by atoms with E-state index in [1.165, 1.54) is 23.9 Å². The van der Waals surface area contributed by atoms with Gasteiger partial charge in [-0.05, 0) is 41.6 Å². The van der Waals surface area contributed by atoms with Crippen LogP contribution in [-0.4, -0.2) is 15.1 Å². The third-order valence-corrected chi connectivity index (χ3v) is 4.33. The Morgan fingerprint density at radius 1 is 1.04 bits per heavy atom. The second-order valence-corrected chi connectivity index (χ2v) is 5.98. The zero-order valence-electron chi connectivity index (χ0n) is 12.8. The van der Waals surface area contributed by atoms with Crippen molar-refractivity contribution < 1.29 is 5.11 Å². The molecule has 0 saturated heterocycles. The number of nitriles is 2. The fourth-order valence-corrected chi connectivity index (χ4v) is 3.18. The molecule has 120 valence electrons. The minimum Gasteiger partial charge on any atom is -0.508 e. The maximum Gasteiger partial charge on any atom is 0.143 e. The molecule has 3 aromatic rings. The quantitative estimate of drug-likeness (QED) is 0.747. The molecule has 0 fully saturated rings. The van der Waals surface area contributed by atoms with Gasteiger partial charge in [-0.25, -0.2) is 9.97 Å². The Kier molecular flexibility index (Phi) is 4.51. The molecule has 0 unspecified atom stereocenters. The van der Waals surface area contributed by atoms with E-state index in [1.54, 1.807) is 30.5 Å². The second kappa shape index (κ2) is 6.91. The van der Waals surface area contributed by atoms with Crippen molar-refractivity contribution in [1.82, 2.24) is 9.97 Å². The van der Waals surface area contributed by atoms with Gasteiger partial charge in [0.2, 0.25) is 0 Å². The smallest absolute Gasteiger partial charge is 0.143 e. The summed E-state index contributed by atoms with van der Waals surface area (Å²) in [6, 6.07) is 15.8. The first-order valence-electron chi connectivity index (χ1n) is 7.16. The molecule has 1 aromatic carbocycles. The minimum atomic E-state index is 0.0262. The topological polar surface area (TPSA) is 120 Å². The van der Waals surface area contributed by atoms with Gasteiger partial charge in [-0.1, -0.05) is 18.2 Å². The van der Waals surface area contributed by atoms with E-state index in [2.05, 4.69) is 16.0 Å². The third-order valence-electron chi connectivity index (χ3n) is 3.39. The SMILES string of the molecule is N#Cc1c(N)nc(Sc2ccccn2)c(C#N)c1-c1cccc(O)c1. The molecular formula is C18H11N5OS. The Morgan fingerprint density at radius 2 is 1.84 bits per heavy atom. The normalized spacial score (nSPS) is 10.0. The van der Waals surface area contributed by atoms with E-state index < -0.39 is 0 Å². The van der Waals surface area contributed by atoms with Crippen LogP contribution < -0.4 is 5.73 Å². The average Bonchev–Trinajstić information content (AvgIpc) is 2.62. The van der Waals surface area contributed by atoms with Crippen LogP contribution in [0.3, 0.4) is 0 Å². The van der Waals surface area contributed by atoms with Crippen LogP contribution in [0.1, 0.15) is 11.1 Å². The fraction of sp³-hybridized carbons (Fsp3) is 0. The van der Waals surface area contributed by atoms with Crippen molar-refractivity contribution in [1.29, 1.82) is 10.5 Å². The largest absolute Gasteiger partial charge is 0.508 e. The molecule has 0 aliphatic carbocycles. The van der Waals surface area contributed by atoms with Crippen molar-refractivity contribution in [3.05, 3.63) is 59.8 Å². The Hall–Kier alpha value is -3.55. The summed E-state index contributed by atoms with van der Waals surface area (Å²) in [7, 11) is 0. The zero-order chi connectivity index (χ0) is 17.8. The maximum atomic E-state index is 9.75. The molecule has 3 rings (SSSR count). The number of benzene rings is 1. The third kappa shape index (κ3) is 3.23. The fourth-order valence-electron chi connectivity index (χ4n) is 2.33. The van der Waals surface area contributed by atoms with E-state index in [0.717, 1.165) is 0 Å². The predicted molar refractivity (Wildman–Crippen MR) is 93.5 cm³/mol. The molecule has 0 spiro atoms. The molecule has 3 N–H and O–H groups in total. The van der Waals surface area contributed by atoms with Crippen LogP contribution >= 0.6 is 11.8 Å². The Morgan fingerprint density at radius 3 is 2.48 bits per heavy atom. The van der Waals surface area contributed by atoms with Crippen LogP contribution in [-0.2, 0) is 0 Å². The average molecular weight is 345 g/mol. The zero-order valence-corrected chi connectivity index (χ0v) is 13.7. The number of nitrogen functional groups attached to an aromatic ring is 1. The number of aromatic hydroxyl groups is 1. The molecule has 25 heavy (non-hydrogen) atoms. The van der Waals surface area contributed by atoms with E-state index in [4.69, 9.17) is 5.73 Å². The van der Waals surface area contributed by atoms with E-state index >= 15 is 0 Å². The van der Waals surface area contributed by atoms with Crippen LogP contribution in [0.25, 0.3) is 11.1 Å². The van der Waals surface area contributed by atoms with E-state index in [-0.39, 0.29) is 22.7 Å². The van der Waals surface area contributed by atoms with Crippen molar-refractivity contribution in [2.45, 2.75) is 10.1 Å². The van der Waals surface area contributed by atoms with E-state index in [1.807, 2.05) is 12.1 Å². The number of anilines is 1. The monoisotopic (exact) mass is 345 g/mol. The highest BCUT2D eigenvalue weighted by Crippen LogP contribution is 2.38. The lowest BCUT2D eigenvalue weighted by Gasteiger charge is -2.12. The van der Waals surface area contributed by atoms with Crippen LogP contribution in [0.2, 0.25) is 0 Å². The number of nitrogens with two attached hydrogens (primary N) is 1. The van der Waals surface area contributed by atoms with Gasteiger partial charge in [0.05, 0.1) is 5.56 Å². The van der Waals surface area contributed by atoms with E-state index in [0.29, 0.717) is 21.2 Å². The second-order valence-electron chi connectivity index (χ2n) is 4.97. The standard InChI is InChI=1S/C18H11N5OS/c19-9-13-16(11-4-3-5-12(24)8-11)14(10-20)18(23-17(13)21)25-15-6-1-2-7-22-15/h1-8,24H,(H2,21,23). The van der Waals surface area contributed by atoms with E-state index in [9.17, 15) is 15.6 Å². The predicted octanol–water partition coefficient (Wildman–Crippen LogP) is 3.33. The molecule has 2 heterocycles. The van der Waals surface area contributed by atoms with Crippen molar-refractivity contribution in [3.63, 3.8) is 0 Å². The lowest BCUT2D eigenvalue weighted by atomic mass is 9.97. The van der Waals surface area contributed by atoms with Gasteiger partial charge in [-0.3, -0.25) is 0 Å². The molecule has 6 nitrogen and oxygen atoms in total. The summed E-state index contributed by atoms with van der Waals surface area (Å²) in [5, 5.41) is 29.9. The van der Waals surface area contributed by atoms with Gasteiger partial charge in [-0.15, -0.1) is 0 Å². The lowest BCUT2D eigenvalue weighted by Crippen LogP contribution is -2.03. The minimum absolute atomic E-state index is 0.0262. The Bertz CT molecular complexity index is 1020. The number of hydrogen-bond acceptors (Lipinski definition) is 7. The molecule has 0 saturated carbocycles. The van der Waals surface area contributed by atoms with Gasteiger partial charge in [0.1, 0.15) is 39.3 Å². The summed E-state index contributed by atoms with van der Waals surface area (Å²) in [5.41, 5.74) is 7.14. The number of rotatable bonds is 3. The molecule has 2 aromatic heterocycles. The Balaban J connectivity index is 2.26. The summed E-state index contributed by atoms with van der Waals surface area (Å²) in [6.45, 7) is 0. The first-order chi connectivity index (χ1) is 12.1. The summed E-state index contributed by atoms with van der Waals surface area (Å²) < 4.78 is 0. The van der Waals surface area contributed by atoms with Crippen molar-refractivity contribution >= 4 is 17.6 Å². The molecule has 7 heteroatoms. The van der Waals surface area contributed by atoms with Gasteiger partial charge in [0, 0.05) is 11.8 Å². The van der Waals surface area contributed by atoms with Crippen LogP contribution in [0.5, 0.6) is 5.75 Å². The molecule has 0 radical (unpaired) electrons. The summed E-state index contributed by atoms with van der Waals surface area (Å²) >= 11 is 1.19. The number of phenols is 1. The van der Waals surface area contributed by atoms with Gasteiger partial charge in [-0.2, -0.15) is 10.5 Å². The van der Waals surface area contributed by atoms with Gasteiger partial charge < -0.3 is 10.8 Å². The molecule has 0 bridgehead atoms. The number of aromatic nitrogens is 2. The first-order valence-corrected chi connectivity index (χ1v) is 7.97. The summed E-state index contributed by atoms with van der Waals surface area (Å²) in [5.74, 6) is 0.0536. The molecule has 0 aliphatic heterocycles. The van der Waals surface area contributed by atoms with Crippen LogP contribution in [0.15, 0.2) is 58.7 Å². The number of pyridine rings is 2. The number of phenolic OH excluding ortho intramolecular Hbond substituents is 1. The highest BCUT2D eigenvalue weighted by Gasteiger charge is 2.21. The lowest BCUT2D eigenvalue weighted by molar-refractivity contribution is 0.475. The number of nitrogens with zero attached hydrogens (tertiary/aromatic N) is 4. The van der Waals surface area contributed by atoms with Crippen LogP contribution in [0.4, 0.5) is 5.82 Å². The van der Waals surface area contributed by atoms with Gasteiger partial charge >= 0.3 is 0 Å². The molecule has 0 amide bonds. The van der Waals surface area contributed by atoms with Crippen molar-refractivity contribution in [3.8, 4) is 29.0 Å².